The van der Waals surface area contributed by atoms with E-state index < -0.39 is 5.97 Å². The van der Waals surface area contributed by atoms with Crippen LogP contribution in [-0.2, 0) is 22.4 Å². The van der Waals surface area contributed by atoms with Gasteiger partial charge >= 0.3 is 5.97 Å². The van der Waals surface area contributed by atoms with Gasteiger partial charge in [0.05, 0.1) is 21.3 Å². The summed E-state index contributed by atoms with van der Waals surface area (Å²) >= 11 is 1.32. The van der Waals surface area contributed by atoms with E-state index in [0.29, 0.717) is 28.5 Å². The fourth-order valence-electron chi connectivity index (χ4n) is 3.37. The van der Waals surface area contributed by atoms with Gasteiger partial charge in [0, 0.05) is 17.4 Å². The zero-order valence-electron chi connectivity index (χ0n) is 18.7. The van der Waals surface area contributed by atoms with Gasteiger partial charge in [0.1, 0.15) is 10.6 Å². The first kappa shape index (κ1) is 23.3. The second-order valence-electron chi connectivity index (χ2n) is 7.13. The maximum Gasteiger partial charge on any atom is 0.341 e. The van der Waals surface area contributed by atoms with Gasteiger partial charge in [-0.05, 0) is 41.7 Å². The zero-order chi connectivity index (χ0) is 23.1. The predicted molar refractivity (Wildman–Crippen MR) is 127 cm³/mol. The van der Waals surface area contributed by atoms with Gasteiger partial charge in [0.2, 0.25) is 5.91 Å². The number of methoxy groups -OCH3 is 3. The van der Waals surface area contributed by atoms with Crippen LogP contribution in [0.3, 0.4) is 0 Å². The lowest BCUT2D eigenvalue weighted by Gasteiger charge is -2.10. The molecule has 0 atom stereocenters. The van der Waals surface area contributed by atoms with Crippen molar-refractivity contribution in [1.29, 1.82) is 0 Å². The van der Waals surface area contributed by atoms with Crippen molar-refractivity contribution >= 4 is 28.2 Å². The third-order valence-corrected chi connectivity index (χ3v) is 6.09. The Kier molecular flexibility index (Phi) is 7.89. The molecule has 0 fully saturated rings. The Morgan fingerprint density at radius 3 is 2.25 bits per heavy atom. The number of aryl methyl sites for hydroxylation is 2. The first-order valence-electron chi connectivity index (χ1n) is 10.3. The lowest BCUT2D eigenvalue weighted by molar-refractivity contribution is -0.116. The van der Waals surface area contributed by atoms with E-state index in [0.717, 1.165) is 23.1 Å². The molecule has 3 rings (SSSR count). The quantitative estimate of drug-likeness (QED) is 0.442. The van der Waals surface area contributed by atoms with Crippen molar-refractivity contribution in [2.24, 2.45) is 0 Å². The molecule has 1 amide bonds. The molecule has 1 aromatic heterocycles. The third-order valence-electron chi connectivity index (χ3n) is 5.20. The summed E-state index contributed by atoms with van der Waals surface area (Å²) in [4.78, 5) is 25.2. The normalized spacial score (nSPS) is 10.5. The molecule has 0 unspecified atom stereocenters. The molecule has 1 heterocycles. The number of esters is 1. The summed E-state index contributed by atoms with van der Waals surface area (Å²) < 4.78 is 15.6. The van der Waals surface area contributed by atoms with Crippen LogP contribution in [0.25, 0.3) is 11.1 Å². The van der Waals surface area contributed by atoms with Crippen LogP contribution in [0.2, 0.25) is 0 Å². The largest absolute Gasteiger partial charge is 0.493 e. The van der Waals surface area contributed by atoms with Crippen molar-refractivity contribution in [2.45, 2.75) is 26.2 Å². The fourth-order valence-corrected chi connectivity index (χ4v) is 4.34. The van der Waals surface area contributed by atoms with E-state index in [-0.39, 0.29) is 12.3 Å². The average Bonchev–Trinajstić information content (AvgIpc) is 3.25. The van der Waals surface area contributed by atoms with Crippen LogP contribution in [0, 0.1) is 0 Å². The lowest BCUT2D eigenvalue weighted by atomic mass is 10.0. The molecule has 2 aromatic carbocycles. The highest BCUT2D eigenvalue weighted by atomic mass is 32.1. The van der Waals surface area contributed by atoms with E-state index in [1.54, 1.807) is 14.2 Å². The summed E-state index contributed by atoms with van der Waals surface area (Å²) in [5, 5.41) is 5.24. The van der Waals surface area contributed by atoms with Crippen LogP contribution in [-0.4, -0.2) is 33.2 Å². The molecular formula is C25H27NO5S. The predicted octanol–water partition coefficient (Wildman–Crippen LogP) is 5.35. The molecule has 0 aliphatic heterocycles. The molecule has 0 radical (unpaired) electrons. The van der Waals surface area contributed by atoms with E-state index in [1.165, 1.54) is 24.0 Å². The van der Waals surface area contributed by atoms with Gasteiger partial charge in [-0.3, -0.25) is 4.79 Å². The molecule has 0 saturated heterocycles. The number of amides is 1. The summed E-state index contributed by atoms with van der Waals surface area (Å²) in [5.41, 5.74) is 4.20. The Morgan fingerprint density at radius 1 is 0.938 bits per heavy atom. The van der Waals surface area contributed by atoms with E-state index in [9.17, 15) is 9.59 Å². The van der Waals surface area contributed by atoms with Crippen LogP contribution < -0.4 is 14.8 Å². The van der Waals surface area contributed by atoms with Gasteiger partial charge in [-0.25, -0.2) is 4.79 Å². The first-order chi connectivity index (χ1) is 15.5. The van der Waals surface area contributed by atoms with Crippen molar-refractivity contribution in [1.82, 2.24) is 0 Å². The van der Waals surface area contributed by atoms with Crippen LogP contribution in [0.5, 0.6) is 11.5 Å². The lowest BCUT2D eigenvalue weighted by Crippen LogP contribution is -2.14. The Hall–Kier alpha value is -3.32. The summed E-state index contributed by atoms with van der Waals surface area (Å²) in [6, 6.07) is 13.6. The second-order valence-corrected chi connectivity index (χ2v) is 8.01. The molecule has 3 aromatic rings. The highest BCUT2D eigenvalue weighted by Crippen LogP contribution is 2.36. The molecule has 0 bridgehead atoms. The summed E-state index contributed by atoms with van der Waals surface area (Å²) in [5.74, 6) is 0.604. The van der Waals surface area contributed by atoms with E-state index in [1.807, 2.05) is 47.8 Å². The highest BCUT2D eigenvalue weighted by Gasteiger charge is 2.22. The standard InChI is InChI=1S/C25H27NO5S/c1-5-16-6-10-18(11-7-16)19-15-32-24(23(19)25(28)31-4)26-22(27)13-9-17-8-12-20(29-2)21(14-17)30-3/h6-8,10-12,14-15H,5,9,13H2,1-4H3,(H,26,27). The number of hydrogen-bond donors (Lipinski definition) is 1. The number of carbonyl (C=O) groups excluding carboxylic acids is 2. The van der Waals surface area contributed by atoms with Crippen LogP contribution >= 0.6 is 11.3 Å². The van der Waals surface area contributed by atoms with Crippen molar-refractivity contribution < 1.29 is 23.8 Å². The zero-order valence-corrected chi connectivity index (χ0v) is 19.5. The highest BCUT2D eigenvalue weighted by molar-refractivity contribution is 7.15. The minimum atomic E-state index is -0.476. The third kappa shape index (κ3) is 5.29. The number of hydrogen-bond acceptors (Lipinski definition) is 6. The van der Waals surface area contributed by atoms with Gasteiger partial charge < -0.3 is 19.5 Å². The van der Waals surface area contributed by atoms with Gasteiger partial charge in [-0.2, -0.15) is 0 Å². The van der Waals surface area contributed by atoms with Gasteiger partial charge in [-0.15, -0.1) is 11.3 Å². The van der Waals surface area contributed by atoms with Crippen molar-refractivity contribution in [3.05, 3.63) is 64.5 Å². The molecule has 7 heteroatoms. The molecule has 0 aliphatic rings. The van der Waals surface area contributed by atoms with Gasteiger partial charge in [0.15, 0.2) is 11.5 Å². The number of rotatable bonds is 9. The second kappa shape index (κ2) is 10.8. The maximum atomic E-state index is 12.6. The van der Waals surface area contributed by atoms with Gasteiger partial charge in [0.25, 0.3) is 0 Å². The Morgan fingerprint density at radius 2 is 1.62 bits per heavy atom. The Labute approximate surface area is 192 Å². The Balaban J connectivity index is 1.75. The molecule has 6 nitrogen and oxygen atoms in total. The summed E-state index contributed by atoms with van der Waals surface area (Å²) in [7, 11) is 4.50. The van der Waals surface area contributed by atoms with Crippen molar-refractivity contribution in [3.8, 4) is 22.6 Å². The molecule has 0 saturated carbocycles. The SMILES string of the molecule is CCc1ccc(-c2csc(NC(=O)CCc3ccc(OC)c(OC)c3)c2C(=O)OC)cc1. The Bertz CT molecular complexity index is 1090. The maximum absolute atomic E-state index is 12.6. The molecule has 1 N–H and O–H groups in total. The monoisotopic (exact) mass is 453 g/mol. The van der Waals surface area contributed by atoms with E-state index >= 15 is 0 Å². The minimum absolute atomic E-state index is 0.181. The fraction of sp³-hybridized carbons (Fsp3) is 0.280. The number of anilines is 1. The number of thiophene rings is 1. The summed E-state index contributed by atoms with van der Waals surface area (Å²) in [6.07, 6.45) is 1.72. The topological polar surface area (TPSA) is 73.9 Å². The molecular weight excluding hydrogens is 426 g/mol. The first-order valence-corrected chi connectivity index (χ1v) is 11.2. The number of ether oxygens (including phenoxy) is 3. The van der Waals surface area contributed by atoms with Crippen LogP contribution in [0.1, 0.15) is 34.8 Å². The van der Waals surface area contributed by atoms with Crippen LogP contribution in [0.15, 0.2) is 47.8 Å². The van der Waals surface area contributed by atoms with E-state index in [2.05, 4.69) is 12.2 Å². The average molecular weight is 454 g/mol. The number of nitrogens with one attached hydrogen (secondary N) is 1. The summed E-state index contributed by atoms with van der Waals surface area (Å²) in [6.45, 7) is 2.09. The van der Waals surface area contributed by atoms with Gasteiger partial charge in [-0.1, -0.05) is 37.3 Å². The smallest absolute Gasteiger partial charge is 0.341 e. The minimum Gasteiger partial charge on any atom is -0.493 e. The molecule has 32 heavy (non-hydrogen) atoms. The van der Waals surface area contributed by atoms with E-state index in [4.69, 9.17) is 14.2 Å². The molecule has 0 spiro atoms. The van der Waals surface area contributed by atoms with Crippen molar-refractivity contribution in [3.63, 3.8) is 0 Å². The molecule has 0 aliphatic carbocycles. The van der Waals surface area contributed by atoms with Crippen molar-refractivity contribution in [2.75, 3.05) is 26.6 Å². The number of benzene rings is 2. The van der Waals surface area contributed by atoms with Crippen LogP contribution in [0.4, 0.5) is 5.00 Å². The number of carbonyl (C=O) groups is 2. The molecule has 168 valence electrons.